The van der Waals surface area contributed by atoms with Crippen molar-refractivity contribution in [3.63, 3.8) is 0 Å². The van der Waals surface area contributed by atoms with E-state index in [9.17, 15) is 22.8 Å². The minimum atomic E-state index is -4.08. The first-order chi connectivity index (χ1) is 19.3. The van der Waals surface area contributed by atoms with Crippen molar-refractivity contribution in [3.05, 3.63) is 77.9 Å². The molecule has 1 atom stereocenters. The van der Waals surface area contributed by atoms with Gasteiger partial charge in [0.25, 0.3) is 11.8 Å². The minimum absolute atomic E-state index is 0.00354. The number of alkyl carbamates (subject to hydrolysis) is 1. The van der Waals surface area contributed by atoms with E-state index in [1.807, 2.05) is 54.0 Å². The molecule has 41 heavy (non-hydrogen) atoms. The first-order valence-corrected chi connectivity index (χ1v) is 14.4. The maximum absolute atomic E-state index is 13.9. The second kappa shape index (κ2) is 11.6. The van der Waals surface area contributed by atoms with Crippen molar-refractivity contribution in [3.8, 4) is 16.9 Å². The standard InChI is InChI=1S/C29H32N4O7S/c1-29(2,3)40-28(36)31-23-17-41(37,38)25-14-11-21(26(34)32-30)15-24(25)33(27(23)35)16-18-5-7-19(8-6-18)20-9-12-22(39-4)13-10-20/h5-15,23H,16-17,30H2,1-4H3,(H,31,36)(H,32,34)/t23-/m0/s1. The number of hydrogen-bond donors (Lipinski definition) is 3. The Hall–Kier alpha value is -4.42. The van der Waals surface area contributed by atoms with E-state index in [2.05, 4.69) is 5.32 Å². The molecule has 0 fully saturated rings. The van der Waals surface area contributed by atoms with Crippen molar-refractivity contribution in [2.24, 2.45) is 5.84 Å². The summed E-state index contributed by atoms with van der Waals surface area (Å²) in [5.41, 5.74) is 3.78. The number of benzene rings is 3. The lowest BCUT2D eigenvalue weighted by Crippen LogP contribution is -2.51. The SMILES string of the molecule is COc1ccc(-c2ccc(CN3C(=O)[C@@H](NC(=O)OC(C)(C)C)CS(=O)(=O)c4ccc(C(=O)NN)cc43)cc2)cc1. The summed E-state index contributed by atoms with van der Waals surface area (Å²) in [6.45, 7) is 4.92. The van der Waals surface area contributed by atoms with Crippen molar-refractivity contribution in [1.29, 1.82) is 0 Å². The largest absolute Gasteiger partial charge is 0.497 e. The van der Waals surface area contributed by atoms with Crippen LogP contribution in [0.2, 0.25) is 0 Å². The van der Waals surface area contributed by atoms with Crippen LogP contribution in [0.3, 0.4) is 0 Å². The van der Waals surface area contributed by atoms with Gasteiger partial charge in [-0.15, -0.1) is 0 Å². The Morgan fingerprint density at radius 2 is 1.61 bits per heavy atom. The van der Waals surface area contributed by atoms with Gasteiger partial charge >= 0.3 is 6.09 Å². The van der Waals surface area contributed by atoms with Gasteiger partial charge in [-0.05, 0) is 67.8 Å². The monoisotopic (exact) mass is 580 g/mol. The van der Waals surface area contributed by atoms with E-state index >= 15 is 0 Å². The molecule has 3 aromatic carbocycles. The third kappa shape index (κ3) is 6.84. The molecule has 0 aromatic heterocycles. The predicted octanol–water partition coefficient (Wildman–Crippen LogP) is 3.18. The molecule has 0 unspecified atom stereocenters. The van der Waals surface area contributed by atoms with Crippen molar-refractivity contribution in [2.75, 3.05) is 17.8 Å². The van der Waals surface area contributed by atoms with Crippen LogP contribution in [0.25, 0.3) is 11.1 Å². The second-order valence-electron chi connectivity index (χ2n) is 10.5. The van der Waals surface area contributed by atoms with Crippen LogP contribution in [0.1, 0.15) is 36.7 Å². The Balaban J connectivity index is 1.73. The first-order valence-electron chi connectivity index (χ1n) is 12.7. The third-order valence-electron chi connectivity index (χ3n) is 6.34. The highest BCUT2D eigenvalue weighted by Crippen LogP contribution is 2.33. The lowest BCUT2D eigenvalue weighted by Gasteiger charge is -2.27. The van der Waals surface area contributed by atoms with E-state index in [4.69, 9.17) is 15.3 Å². The topological polar surface area (TPSA) is 157 Å². The average Bonchev–Trinajstić information content (AvgIpc) is 3.00. The molecule has 1 heterocycles. The molecule has 0 spiro atoms. The highest BCUT2D eigenvalue weighted by Gasteiger charge is 2.39. The van der Waals surface area contributed by atoms with Crippen molar-refractivity contribution in [1.82, 2.24) is 10.7 Å². The molecule has 4 rings (SSSR count). The van der Waals surface area contributed by atoms with Crippen LogP contribution in [0.15, 0.2) is 71.6 Å². The molecule has 0 saturated heterocycles. The number of carbonyl (C=O) groups excluding carboxylic acids is 3. The summed E-state index contributed by atoms with van der Waals surface area (Å²) in [6, 6.07) is 17.4. The highest BCUT2D eigenvalue weighted by atomic mass is 32.2. The van der Waals surface area contributed by atoms with Gasteiger partial charge in [0, 0.05) is 5.56 Å². The number of nitrogens with one attached hydrogen (secondary N) is 2. The number of rotatable bonds is 6. The smallest absolute Gasteiger partial charge is 0.408 e. The average molecular weight is 581 g/mol. The molecule has 11 nitrogen and oxygen atoms in total. The molecule has 3 amide bonds. The summed E-state index contributed by atoms with van der Waals surface area (Å²) in [7, 11) is -2.49. The number of anilines is 1. The van der Waals surface area contributed by atoms with Crippen LogP contribution in [-0.4, -0.2) is 50.8 Å². The van der Waals surface area contributed by atoms with Gasteiger partial charge in [-0.1, -0.05) is 36.4 Å². The third-order valence-corrected chi connectivity index (χ3v) is 8.12. The number of sulfone groups is 1. The Morgan fingerprint density at radius 1 is 1.00 bits per heavy atom. The molecule has 0 aliphatic carbocycles. The van der Waals surface area contributed by atoms with Crippen LogP contribution < -0.4 is 26.2 Å². The molecular weight excluding hydrogens is 548 g/mol. The van der Waals surface area contributed by atoms with Crippen LogP contribution in [0.4, 0.5) is 10.5 Å². The summed E-state index contributed by atoms with van der Waals surface area (Å²) < 4.78 is 37.3. The summed E-state index contributed by atoms with van der Waals surface area (Å²) in [5.74, 6) is 4.00. The lowest BCUT2D eigenvalue weighted by atomic mass is 10.0. The fourth-order valence-corrected chi connectivity index (χ4v) is 6.00. The molecule has 1 aliphatic heterocycles. The number of methoxy groups -OCH3 is 1. The van der Waals surface area contributed by atoms with E-state index in [0.29, 0.717) is 5.56 Å². The van der Waals surface area contributed by atoms with Gasteiger partial charge in [0.15, 0.2) is 9.84 Å². The zero-order valence-corrected chi connectivity index (χ0v) is 23.9. The molecule has 12 heteroatoms. The van der Waals surface area contributed by atoms with Gasteiger partial charge in [-0.25, -0.2) is 19.1 Å². The number of nitrogen functional groups attached to an aromatic ring is 1. The number of nitrogens with two attached hydrogens (primary N) is 1. The maximum Gasteiger partial charge on any atom is 0.408 e. The number of hydrogen-bond acceptors (Lipinski definition) is 8. The molecule has 1 aliphatic rings. The van der Waals surface area contributed by atoms with Gasteiger partial charge in [-0.3, -0.25) is 15.0 Å². The highest BCUT2D eigenvalue weighted by molar-refractivity contribution is 7.91. The molecule has 216 valence electrons. The Labute approximate surface area is 238 Å². The van der Waals surface area contributed by atoms with E-state index in [-0.39, 0.29) is 22.7 Å². The van der Waals surface area contributed by atoms with Gasteiger partial charge in [0.2, 0.25) is 0 Å². The van der Waals surface area contributed by atoms with Crippen molar-refractivity contribution >= 4 is 33.4 Å². The zero-order valence-electron chi connectivity index (χ0n) is 23.1. The molecule has 3 aromatic rings. The van der Waals surface area contributed by atoms with Gasteiger partial charge in [0.05, 0.1) is 30.0 Å². The summed E-state index contributed by atoms with van der Waals surface area (Å²) in [5, 5.41) is 2.42. The summed E-state index contributed by atoms with van der Waals surface area (Å²) in [6.07, 6.45) is -0.927. The Kier molecular flexibility index (Phi) is 8.36. The molecule has 0 saturated carbocycles. The zero-order chi connectivity index (χ0) is 29.9. The predicted molar refractivity (Wildman–Crippen MR) is 153 cm³/mol. The van der Waals surface area contributed by atoms with Crippen LogP contribution in [-0.2, 0) is 25.9 Å². The van der Waals surface area contributed by atoms with E-state index in [1.54, 1.807) is 27.9 Å². The first kappa shape index (κ1) is 29.6. The van der Waals surface area contributed by atoms with E-state index in [0.717, 1.165) is 16.9 Å². The fraction of sp³-hybridized carbons (Fsp3) is 0.276. The van der Waals surface area contributed by atoms with Crippen molar-refractivity contribution < 1.29 is 32.3 Å². The number of fused-ring (bicyclic) bond motifs is 1. The fourth-order valence-electron chi connectivity index (χ4n) is 4.39. The van der Waals surface area contributed by atoms with Crippen molar-refractivity contribution in [2.45, 2.75) is 43.9 Å². The van der Waals surface area contributed by atoms with E-state index < -0.39 is 45.1 Å². The Bertz CT molecular complexity index is 1560. The number of amides is 3. The lowest BCUT2D eigenvalue weighted by molar-refractivity contribution is -0.120. The molecular formula is C29H32N4O7S. The number of carbonyl (C=O) groups is 3. The number of hydrazine groups is 1. The molecule has 0 radical (unpaired) electrons. The number of ether oxygens (including phenoxy) is 2. The molecule has 4 N–H and O–H groups in total. The number of nitrogens with zero attached hydrogens (tertiary/aromatic N) is 1. The quantitative estimate of drug-likeness (QED) is 0.228. The van der Waals surface area contributed by atoms with Gasteiger partial charge in [0.1, 0.15) is 17.4 Å². The van der Waals surface area contributed by atoms with Gasteiger partial charge in [-0.2, -0.15) is 0 Å². The maximum atomic E-state index is 13.9. The molecule has 0 bridgehead atoms. The normalized spacial score (nSPS) is 16.3. The van der Waals surface area contributed by atoms with Gasteiger partial charge < -0.3 is 19.7 Å². The van der Waals surface area contributed by atoms with Crippen LogP contribution in [0, 0.1) is 0 Å². The Morgan fingerprint density at radius 3 is 2.17 bits per heavy atom. The summed E-state index contributed by atoms with van der Waals surface area (Å²) in [4.78, 5) is 39.8. The summed E-state index contributed by atoms with van der Waals surface area (Å²) >= 11 is 0. The second-order valence-corrected chi connectivity index (χ2v) is 12.5. The van der Waals surface area contributed by atoms with Crippen LogP contribution >= 0.6 is 0 Å². The minimum Gasteiger partial charge on any atom is -0.497 e. The van der Waals surface area contributed by atoms with E-state index in [1.165, 1.54) is 23.1 Å². The van der Waals surface area contributed by atoms with Crippen LogP contribution in [0.5, 0.6) is 5.75 Å².